The number of rotatable bonds is 5. The molecule has 0 bridgehead atoms. The molecular formula is C23H22N8OS. The molecule has 1 aliphatic carbocycles. The third-order valence-electron chi connectivity index (χ3n) is 6.11. The standard InChI is InChI=1S/C23H22N8OS/c32-20-17-13-24-21-25-19(16-9-5-2-6-10-16)29-31(21)18(17)11-12-30(20)22-26-23(28-27-22)33-14-15-7-3-1-4-8-15/h1,3-4,7-8,11-13,16H,2,5-6,9-10,14H2,(H,26,27,28). The lowest BCUT2D eigenvalue weighted by Gasteiger charge is -2.17. The molecule has 1 N–H and O–H groups in total. The van der Waals surface area contributed by atoms with Crippen LogP contribution in [0, 0.1) is 0 Å². The van der Waals surface area contributed by atoms with Gasteiger partial charge in [-0.2, -0.15) is 14.5 Å². The number of benzene rings is 1. The van der Waals surface area contributed by atoms with Gasteiger partial charge in [0.1, 0.15) is 0 Å². The molecule has 9 nitrogen and oxygen atoms in total. The molecule has 6 rings (SSSR count). The van der Waals surface area contributed by atoms with Crippen molar-refractivity contribution in [1.82, 2.24) is 39.3 Å². The molecule has 10 heteroatoms. The molecule has 0 atom stereocenters. The first kappa shape index (κ1) is 20.1. The first-order chi connectivity index (χ1) is 16.3. The molecule has 33 heavy (non-hydrogen) atoms. The number of hydrogen-bond donors (Lipinski definition) is 1. The molecule has 4 aromatic heterocycles. The van der Waals surface area contributed by atoms with E-state index in [1.54, 1.807) is 16.9 Å². The Labute approximate surface area is 193 Å². The summed E-state index contributed by atoms with van der Waals surface area (Å²) in [4.78, 5) is 26.8. The normalized spacial score (nSPS) is 14.9. The van der Waals surface area contributed by atoms with Crippen LogP contribution in [-0.4, -0.2) is 39.3 Å². The molecule has 0 unspecified atom stereocenters. The third-order valence-corrected chi connectivity index (χ3v) is 7.03. The molecular weight excluding hydrogens is 436 g/mol. The molecule has 1 fully saturated rings. The Morgan fingerprint density at radius 3 is 2.76 bits per heavy atom. The average Bonchev–Trinajstić information content (AvgIpc) is 3.52. The second kappa shape index (κ2) is 8.43. The van der Waals surface area contributed by atoms with Gasteiger partial charge >= 0.3 is 0 Å². The second-order valence-corrected chi connectivity index (χ2v) is 9.22. The number of aromatic nitrogens is 8. The van der Waals surface area contributed by atoms with E-state index in [9.17, 15) is 4.79 Å². The summed E-state index contributed by atoms with van der Waals surface area (Å²) in [5.41, 5.74) is 1.65. The van der Waals surface area contributed by atoms with Crippen LogP contribution >= 0.6 is 11.8 Å². The fourth-order valence-electron chi connectivity index (χ4n) is 4.37. The highest BCUT2D eigenvalue weighted by Gasteiger charge is 2.21. The maximum atomic E-state index is 13.2. The summed E-state index contributed by atoms with van der Waals surface area (Å²) in [5.74, 6) is 2.85. The van der Waals surface area contributed by atoms with Gasteiger partial charge in [0, 0.05) is 24.1 Å². The number of thioether (sulfide) groups is 1. The molecule has 0 aliphatic heterocycles. The minimum Gasteiger partial charge on any atom is -0.268 e. The molecule has 166 valence electrons. The Bertz CT molecular complexity index is 1480. The van der Waals surface area contributed by atoms with Crippen LogP contribution in [0.25, 0.3) is 22.6 Å². The van der Waals surface area contributed by atoms with E-state index in [2.05, 4.69) is 37.3 Å². The number of nitrogens with one attached hydrogen (secondary N) is 1. The van der Waals surface area contributed by atoms with Gasteiger partial charge in [-0.1, -0.05) is 61.4 Å². The van der Waals surface area contributed by atoms with E-state index < -0.39 is 0 Å². The third kappa shape index (κ3) is 3.80. The van der Waals surface area contributed by atoms with Crippen LogP contribution in [0.1, 0.15) is 49.4 Å². The van der Waals surface area contributed by atoms with Crippen molar-refractivity contribution in [1.29, 1.82) is 0 Å². The highest BCUT2D eigenvalue weighted by atomic mass is 32.2. The zero-order valence-electron chi connectivity index (χ0n) is 17.9. The lowest BCUT2D eigenvalue weighted by Crippen LogP contribution is -2.20. The number of H-pyrrole nitrogens is 1. The Morgan fingerprint density at radius 2 is 1.91 bits per heavy atom. The molecule has 1 saturated carbocycles. The number of fused-ring (bicyclic) bond motifs is 3. The fraction of sp³-hybridized carbons (Fsp3) is 0.304. The lowest BCUT2D eigenvalue weighted by atomic mass is 9.89. The number of hydrogen-bond acceptors (Lipinski definition) is 7. The minimum absolute atomic E-state index is 0.229. The van der Waals surface area contributed by atoms with Crippen molar-refractivity contribution < 1.29 is 0 Å². The Morgan fingerprint density at radius 1 is 1.06 bits per heavy atom. The van der Waals surface area contributed by atoms with Crippen molar-refractivity contribution >= 4 is 28.4 Å². The summed E-state index contributed by atoms with van der Waals surface area (Å²) in [6, 6.07) is 12.0. The second-order valence-electron chi connectivity index (χ2n) is 8.28. The average molecular weight is 459 g/mol. The molecule has 1 aliphatic rings. The maximum Gasteiger partial charge on any atom is 0.268 e. The van der Waals surface area contributed by atoms with Crippen LogP contribution in [0.15, 0.2) is 58.7 Å². The van der Waals surface area contributed by atoms with E-state index in [1.165, 1.54) is 41.2 Å². The lowest BCUT2D eigenvalue weighted by molar-refractivity contribution is 0.429. The molecule has 5 aromatic rings. The van der Waals surface area contributed by atoms with E-state index in [0.29, 0.717) is 33.7 Å². The molecule has 0 radical (unpaired) electrons. The van der Waals surface area contributed by atoms with Gasteiger partial charge in [0.15, 0.2) is 5.82 Å². The SMILES string of the molecule is O=c1c2cnc3nc(C4CCCCC4)nn3c2ccn1-c1nc(SCc2ccccc2)n[nH]1. The zero-order chi connectivity index (χ0) is 22.2. The maximum absolute atomic E-state index is 13.2. The molecule has 1 aromatic carbocycles. The van der Waals surface area contributed by atoms with Gasteiger partial charge in [-0.05, 0) is 24.5 Å². The number of pyridine rings is 1. The Hall–Kier alpha value is -3.53. The molecule has 0 spiro atoms. The summed E-state index contributed by atoms with van der Waals surface area (Å²) in [7, 11) is 0. The number of aromatic amines is 1. The van der Waals surface area contributed by atoms with Crippen molar-refractivity contribution in [3.05, 3.63) is 70.5 Å². The van der Waals surface area contributed by atoms with Crippen LogP contribution in [0.2, 0.25) is 0 Å². The summed E-state index contributed by atoms with van der Waals surface area (Å²) < 4.78 is 3.14. The van der Waals surface area contributed by atoms with Gasteiger partial charge in [-0.3, -0.25) is 9.36 Å². The quantitative estimate of drug-likeness (QED) is 0.398. The smallest absolute Gasteiger partial charge is 0.268 e. The Kier molecular flexibility index (Phi) is 5.14. The first-order valence-corrected chi connectivity index (χ1v) is 12.1. The van der Waals surface area contributed by atoms with Crippen molar-refractivity contribution in [3.63, 3.8) is 0 Å². The predicted octanol–water partition coefficient (Wildman–Crippen LogP) is 3.89. The van der Waals surface area contributed by atoms with Gasteiger partial charge in [-0.25, -0.2) is 10.1 Å². The predicted molar refractivity (Wildman–Crippen MR) is 126 cm³/mol. The monoisotopic (exact) mass is 458 g/mol. The molecule has 0 amide bonds. The van der Waals surface area contributed by atoms with Gasteiger partial charge in [-0.15, -0.1) is 10.2 Å². The van der Waals surface area contributed by atoms with Gasteiger partial charge in [0.2, 0.25) is 11.1 Å². The Balaban J connectivity index is 1.31. The summed E-state index contributed by atoms with van der Waals surface area (Å²) in [6.07, 6.45) is 9.18. The largest absolute Gasteiger partial charge is 0.268 e. The zero-order valence-corrected chi connectivity index (χ0v) is 18.7. The highest BCUT2D eigenvalue weighted by Crippen LogP contribution is 2.31. The fourth-order valence-corrected chi connectivity index (χ4v) is 5.12. The highest BCUT2D eigenvalue weighted by molar-refractivity contribution is 7.98. The van der Waals surface area contributed by atoms with E-state index >= 15 is 0 Å². The first-order valence-electron chi connectivity index (χ1n) is 11.1. The van der Waals surface area contributed by atoms with Crippen molar-refractivity contribution in [2.75, 3.05) is 0 Å². The van der Waals surface area contributed by atoms with E-state index in [4.69, 9.17) is 5.10 Å². The number of nitrogens with zero attached hydrogens (tertiary/aromatic N) is 7. The minimum atomic E-state index is -0.229. The van der Waals surface area contributed by atoms with Crippen LogP contribution in [0.4, 0.5) is 0 Å². The summed E-state index contributed by atoms with van der Waals surface area (Å²) in [6.45, 7) is 0. The topological polar surface area (TPSA) is 107 Å². The molecule has 4 heterocycles. The summed E-state index contributed by atoms with van der Waals surface area (Å²) >= 11 is 1.51. The van der Waals surface area contributed by atoms with Crippen LogP contribution in [0.5, 0.6) is 0 Å². The molecule has 0 saturated heterocycles. The van der Waals surface area contributed by atoms with E-state index in [-0.39, 0.29) is 5.56 Å². The van der Waals surface area contributed by atoms with Gasteiger partial charge in [0.05, 0.1) is 10.9 Å². The van der Waals surface area contributed by atoms with Crippen LogP contribution < -0.4 is 5.56 Å². The van der Waals surface area contributed by atoms with Crippen molar-refractivity contribution in [3.8, 4) is 5.95 Å². The summed E-state index contributed by atoms with van der Waals surface area (Å²) in [5, 5.41) is 12.9. The van der Waals surface area contributed by atoms with E-state index in [1.807, 2.05) is 24.3 Å². The van der Waals surface area contributed by atoms with Gasteiger partial charge in [0.25, 0.3) is 11.3 Å². The van der Waals surface area contributed by atoms with Crippen LogP contribution in [0.3, 0.4) is 0 Å². The van der Waals surface area contributed by atoms with Crippen molar-refractivity contribution in [2.24, 2.45) is 0 Å². The van der Waals surface area contributed by atoms with Crippen molar-refractivity contribution in [2.45, 2.75) is 48.9 Å². The van der Waals surface area contributed by atoms with E-state index in [0.717, 1.165) is 24.4 Å². The van der Waals surface area contributed by atoms with Gasteiger partial charge < -0.3 is 0 Å². The van der Waals surface area contributed by atoms with Crippen LogP contribution in [-0.2, 0) is 5.75 Å².